The van der Waals surface area contributed by atoms with Crippen LogP contribution in [0.25, 0.3) is 0 Å². The number of hydrogen-bond acceptors (Lipinski definition) is 3. The summed E-state index contributed by atoms with van der Waals surface area (Å²) >= 11 is 2.35. The Bertz CT molecular complexity index is 515. The van der Waals surface area contributed by atoms with Gasteiger partial charge >= 0.3 is 6.09 Å². The van der Waals surface area contributed by atoms with Crippen LogP contribution in [0.4, 0.5) is 4.79 Å². The first-order valence-electron chi connectivity index (χ1n) is 9.62. The molecular formula is C20H35IN2O3. The molecule has 1 N–H and O–H groups in total. The van der Waals surface area contributed by atoms with Crippen LogP contribution in [0.5, 0.6) is 0 Å². The lowest BCUT2D eigenvalue weighted by Gasteiger charge is -2.35. The molecule has 0 aliphatic heterocycles. The number of rotatable bonds is 8. The van der Waals surface area contributed by atoms with Crippen molar-refractivity contribution in [2.45, 2.75) is 82.3 Å². The summed E-state index contributed by atoms with van der Waals surface area (Å²) in [4.78, 5) is 27.1. The quantitative estimate of drug-likeness (QED) is 0.313. The van der Waals surface area contributed by atoms with Gasteiger partial charge in [0.05, 0.1) is 0 Å². The molecule has 26 heavy (non-hydrogen) atoms. The van der Waals surface area contributed by atoms with Gasteiger partial charge in [-0.3, -0.25) is 9.69 Å². The van der Waals surface area contributed by atoms with Crippen molar-refractivity contribution >= 4 is 34.6 Å². The molecule has 0 fully saturated rings. The van der Waals surface area contributed by atoms with Crippen molar-refractivity contribution in [1.82, 2.24) is 10.2 Å². The molecule has 0 saturated heterocycles. The Morgan fingerprint density at radius 1 is 1.31 bits per heavy atom. The van der Waals surface area contributed by atoms with Crippen LogP contribution >= 0.6 is 22.6 Å². The fourth-order valence-electron chi connectivity index (χ4n) is 2.72. The predicted octanol–water partition coefficient (Wildman–Crippen LogP) is 4.69. The minimum atomic E-state index is -0.588. The van der Waals surface area contributed by atoms with E-state index < -0.39 is 17.7 Å². The van der Waals surface area contributed by atoms with Crippen molar-refractivity contribution in [2.24, 2.45) is 5.92 Å². The standard InChI is InChI=1S/C20H35IN2O3/c1-14(2)20(4,5)26-19(25)23(6)17(16-10-8-7-9-11-16)18(24)22-13-12-15(3)21/h10,14-15,17H,7-9,11-13H2,1-6H3,(H,22,24). The zero-order valence-electron chi connectivity index (χ0n) is 17.1. The molecule has 0 aromatic carbocycles. The second-order valence-corrected chi connectivity index (χ2v) is 10.2. The normalized spacial score (nSPS) is 17.3. The summed E-state index contributed by atoms with van der Waals surface area (Å²) < 4.78 is 6.20. The summed E-state index contributed by atoms with van der Waals surface area (Å²) in [7, 11) is 1.67. The van der Waals surface area contributed by atoms with E-state index in [4.69, 9.17) is 4.74 Å². The van der Waals surface area contributed by atoms with Gasteiger partial charge in [-0.2, -0.15) is 0 Å². The number of nitrogens with zero attached hydrogens (tertiary/aromatic N) is 1. The molecule has 0 saturated carbocycles. The van der Waals surface area contributed by atoms with Gasteiger partial charge < -0.3 is 10.1 Å². The van der Waals surface area contributed by atoms with E-state index >= 15 is 0 Å². The van der Waals surface area contributed by atoms with Gasteiger partial charge in [-0.15, -0.1) is 0 Å². The number of allylic oxidation sites excluding steroid dienone is 1. The third-order valence-corrected chi connectivity index (χ3v) is 5.81. The number of alkyl halides is 1. The number of ether oxygens (including phenoxy) is 1. The first-order chi connectivity index (χ1) is 12.1. The van der Waals surface area contributed by atoms with Crippen LogP contribution in [0.3, 0.4) is 0 Å². The number of nitrogens with one attached hydrogen (secondary N) is 1. The molecule has 1 aliphatic carbocycles. The molecule has 0 aromatic heterocycles. The number of carbonyl (C=O) groups is 2. The number of likely N-dealkylation sites (N-methyl/N-ethyl adjacent to an activating group) is 1. The van der Waals surface area contributed by atoms with Crippen molar-refractivity contribution in [3.63, 3.8) is 0 Å². The summed E-state index contributed by atoms with van der Waals surface area (Å²) in [5.74, 6) is 0.0724. The topological polar surface area (TPSA) is 58.6 Å². The van der Waals surface area contributed by atoms with E-state index in [2.05, 4.69) is 40.9 Å². The second-order valence-electron chi connectivity index (χ2n) is 8.02. The monoisotopic (exact) mass is 478 g/mol. The number of hydrogen-bond donors (Lipinski definition) is 1. The highest BCUT2D eigenvalue weighted by Crippen LogP contribution is 2.26. The maximum absolute atomic E-state index is 12.9. The summed E-state index contributed by atoms with van der Waals surface area (Å²) in [6.07, 6.45) is 6.59. The molecule has 0 bridgehead atoms. The lowest BCUT2D eigenvalue weighted by molar-refractivity contribution is -0.125. The summed E-state index contributed by atoms with van der Waals surface area (Å²) in [6.45, 7) is 10.6. The van der Waals surface area contributed by atoms with Gasteiger partial charge in [-0.1, -0.05) is 49.4 Å². The molecule has 2 unspecified atom stereocenters. The molecule has 0 radical (unpaired) electrons. The van der Waals surface area contributed by atoms with E-state index in [1.54, 1.807) is 7.05 Å². The maximum Gasteiger partial charge on any atom is 0.410 e. The molecule has 150 valence electrons. The van der Waals surface area contributed by atoms with E-state index in [9.17, 15) is 9.59 Å². The van der Waals surface area contributed by atoms with Gasteiger partial charge in [0.2, 0.25) is 5.91 Å². The molecule has 0 heterocycles. The summed E-state index contributed by atoms with van der Waals surface area (Å²) in [5.41, 5.74) is 0.447. The van der Waals surface area contributed by atoms with Crippen molar-refractivity contribution in [2.75, 3.05) is 13.6 Å². The molecule has 6 heteroatoms. The summed E-state index contributed by atoms with van der Waals surface area (Å²) in [6, 6.07) is -0.588. The second kappa shape index (κ2) is 10.5. The molecule has 2 amide bonds. The largest absolute Gasteiger partial charge is 0.443 e. The van der Waals surface area contributed by atoms with Gasteiger partial charge in [-0.25, -0.2) is 4.79 Å². The zero-order valence-corrected chi connectivity index (χ0v) is 19.3. The Balaban J connectivity index is 2.91. The van der Waals surface area contributed by atoms with E-state index in [1.165, 1.54) is 4.90 Å². The Morgan fingerprint density at radius 2 is 1.96 bits per heavy atom. The van der Waals surface area contributed by atoms with Crippen LogP contribution in [0, 0.1) is 5.92 Å². The Morgan fingerprint density at radius 3 is 2.46 bits per heavy atom. The third kappa shape index (κ3) is 7.08. The fourth-order valence-corrected chi connectivity index (χ4v) is 3.03. The highest BCUT2D eigenvalue weighted by Gasteiger charge is 2.35. The van der Waals surface area contributed by atoms with Gasteiger partial charge in [0, 0.05) is 17.5 Å². The Hall–Kier alpha value is -0.790. The number of amides is 2. The first-order valence-corrected chi connectivity index (χ1v) is 10.9. The van der Waals surface area contributed by atoms with Crippen molar-refractivity contribution in [3.8, 4) is 0 Å². The highest BCUT2D eigenvalue weighted by atomic mass is 127. The molecule has 1 rings (SSSR count). The summed E-state index contributed by atoms with van der Waals surface area (Å²) in [5, 5.41) is 3.00. The average molecular weight is 478 g/mol. The van der Waals surface area contributed by atoms with E-state index in [0.717, 1.165) is 37.7 Å². The van der Waals surface area contributed by atoms with Crippen molar-refractivity contribution in [3.05, 3.63) is 11.6 Å². The molecular weight excluding hydrogens is 443 g/mol. The maximum atomic E-state index is 12.9. The van der Waals surface area contributed by atoms with E-state index in [-0.39, 0.29) is 11.8 Å². The predicted molar refractivity (Wildman–Crippen MR) is 115 cm³/mol. The molecule has 0 aromatic rings. The zero-order chi connectivity index (χ0) is 19.9. The molecule has 5 nitrogen and oxygen atoms in total. The lowest BCUT2D eigenvalue weighted by atomic mass is 9.92. The molecule has 2 atom stereocenters. The van der Waals surface area contributed by atoms with Crippen LogP contribution in [-0.2, 0) is 9.53 Å². The Kier molecular flexibility index (Phi) is 9.41. The smallest absolute Gasteiger partial charge is 0.410 e. The van der Waals surface area contributed by atoms with Crippen LogP contribution in [0.15, 0.2) is 11.6 Å². The van der Waals surface area contributed by atoms with E-state index in [0.29, 0.717) is 10.5 Å². The minimum absolute atomic E-state index is 0.114. The lowest BCUT2D eigenvalue weighted by Crippen LogP contribution is -2.51. The van der Waals surface area contributed by atoms with Crippen molar-refractivity contribution < 1.29 is 14.3 Å². The van der Waals surface area contributed by atoms with Crippen LogP contribution < -0.4 is 5.32 Å². The minimum Gasteiger partial charge on any atom is -0.443 e. The molecule has 1 aliphatic rings. The van der Waals surface area contributed by atoms with Gasteiger partial charge in [-0.05, 0) is 57.4 Å². The van der Waals surface area contributed by atoms with Crippen molar-refractivity contribution in [1.29, 1.82) is 0 Å². The first kappa shape index (κ1) is 23.2. The Labute approximate surface area is 172 Å². The van der Waals surface area contributed by atoms with Gasteiger partial charge in [0.15, 0.2) is 0 Å². The van der Waals surface area contributed by atoms with Crippen LogP contribution in [0.1, 0.15) is 66.7 Å². The SMILES string of the molecule is CC(I)CCNC(=O)C(C1=CCCCC1)N(C)C(=O)OC(C)(C)C(C)C. The average Bonchev–Trinajstić information content (AvgIpc) is 2.55. The van der Waals surface area contributed by atoms with Gasteiger partial charge in [0.25, 0.3) is 0 Å². The van der Waals surface area contributed by atoms with Crippen LogP contribution in [-0.4, -0.2) is 46.1 Å². The molecule has 0 spiro atoms. The number of halogens is 1. The van der Waals surface area contributed by atoms with Gasteiger partial charge in [0.1, 0.15) is 11.6 Å². The van der Waals surface area contributed by atoms with Crippen LogP contribution in [0.2, 0.25) is 0 Å². The highest BCUT2D eigenvalue weighted by molar-refractivity contribution is 14.1. The fraction of sp³-hybridized carbons (Fsp3) is 0.800. The third-order valence-electron chi connectivity index (χ3n) is 5.18. The number of carbonyl (C=O) groups excluding carboxylic acids is 2. The van der Waals surface area contributed by atoms with E-state index in [1.807, 2.05) is 27.7 Å².